The summed E-state index contributed by atoms with van der Waals surface area (Å²) in [6, 6.07) is 9.55. The topological polar surface area (TPSA) is 69.1 Å². The second kappa shape index (κ2) is 4.68. The average Bonchev–Trinajstić information content (AvgIpc) is 2.69. The van der Waals surface area contributed by atoms with Gasteiger partial charge in [-0.1, -0.05) is 23.3 Å². The minimum atomic E-state index is 0.101. The van der Waals surface area contributed by atoms with Crippen LogP contribution in [0.25, 0.3) is 10.4 Å². The Balaban J connectivity index is 2.08. The molecule has 1 aliphatic rings. The van der Waals surface area contributed by atoms with Gasteiger partial charge in [-0.2, -0.15) is 0 Å². The third-order valence-corrected chi connectivity index (χ3v) is 2.68. The average molecular weight is 216 g/mol. The van der Waals surface area contributed by atoms with Crippen LogP contribution in [0.4, 0.5) is 5.69 Å². The van der Waals surface area contributed by atoms with Gasteiger partial charge in [0.1, 0.15) is 0 Å². The molecule has 0 aromatic heterocycles. The number of anilines is 1. The van der Waals surface area contributed by atoms with Crippen LogP contribution in [0.15, 0.2) is 35.4 Å². The highest BCUT2D eigenvalue weighted by molar-refractivity contribution is 5.95. The largest absolute Gasteiger partial charge is 0.312 e. The van der Waals surface area contributed by atoms with Gasteiger partial charge in [0.2, 0.25) is 5.91 Å². The highest BCUT2D eigenvalue weighted by atomic mass is 16.2. The van der Waals surface area contributed by atoms with Crippen molar-refractivity contribution in [1.82, 2.24) is 0 Å². The molecule has 0 N–H and O–H groups in total. The molecule has 1 heterocycles. The van der Waals surface area contributed by atoms with Crippen molar-refractivity contribution in [2.24, 2.45) is 11.0 Å². The smallest absolute Gasteiger partial charge is 0.227 e. The molecule has 5 heteroatoms. The summed E-state index contributed by atoms with van der Waals surface area (Å²) in [5.41, 5.74) is 9.15. The lowest BCUT2D eigenvalue weighted by Gasteiger charge is -2.15. The number of hydrogen-bond acceptors (Lipinski definition) is 2. The van der Waals surface area contributed by atoms with Gasteiger partial charge in [0.05, 0.1) is 0 Å². The van der Waals surface area contributed by atoms with E-state index in [1.807, 2.05) is 30.3 Å². The molecule has 1 unspecified atom stereocenters. The molecular formula is C11H12N4O. The maximum Gasteiger partial charge on any atom is 0.227 e. The van der Waals surface area contributed by atoms with E-state index in [0.29, 0.717) is 19.5 Å². The summed E-state index contributed by atoms with van der Waals surface area (Å²) in [4.78, 5) is 16.2. The summed E-state index contributed by atoms with van der Waals surface area (Å²) in [7, 11) is 0. The van der Waals surface area contributed by atoms with E-state index in [1.54, 1.807) is 4.90 Å². The van der Waals surface area contributed by atoms with Crippen LogP contribution >= 0.6 is 0 Å². The summed E-state index contributed by atoms with van der Waals surface area (Å²) in [5, 5.41) is 3.52. The first-order chi connectivity index (χ1) is 7.81. The second-order valence-electron chi connectivity index (χ2n) is 3.82. The number of carbonyl (C=O) groups is 1. The lowest BCUT2D eigenvalue weighted by atomic mass is 10.1. The monoisotopic (exact) mass is 216 g/mol. The van der Waals surface area contributed by atoms with Crippen LogP contribution < -0.4 is 4.90 Å². The number of rotatable bonds is 3. The maximum atomic E-state index is 11.7. The second-order valence-corrected chi connectivity index (χ2v) is 3.82. The maximum absolute atomic E-state index is 11.7. The van der Waals surface area contributed by atoms with Crippen LogP contribution in [0.1, 0.15) is 6.42 Å². The number of carbonyl (C=O) groups excluding carboxylic acids is 1. The van der Waals surface area contributed by atoms with Crippen LogP contribution in [-0.2, 0) is 4.79 Å². The zero-order chi connectivity index (χ0) is 11.4. The van der Waals surface area contributed by atoms with Crippen molar-refractivity contribution in [3.63, 3.8) is 0 Å². The van der Waals surface area contributed by atoms with E-state index in [0.717, 1.165) is 5.69 Å². The molecule has 1 aromatic rings. The predicted octanol–water partition coefficient (Wildman–Crippen LogP) is 2.35. The van der Waals surface area contributed by atoms with E-state index >= 15 is 0 Å². The molecule has 5 nitrogen and oxygen atoms in total. The summed E-state index contributed by atoms with van der Waals surface area (Å²) in [5.74, 6) is 0.243. The lowest BCUT2D eigenvalue weighted by Crippen LogP contribution is -2.24. The molecule has 1 amide bonds. The SMILES string of the molecule is [N-]=[N+]=NCC1CC(=O)N(c2ccccc2)C1. The Hall–Kier alpha value is -2.00. The van der Waals surface area contributed by atoms with Gasteiger partial charge in [-0.15, -0.1) is 0 Å². The zero-order valence-corrected chi connectivity index (χ0v) is 8.78. The molecule has 2 rings (SSSR count). The van der Waals surface area contributed by atoms with Crippen LogP contribution in [0.3, 0.4) is 0 Å². The Morgan fingerprint density at radius 1 is 1.44 bits per heavy atom. The Kier molecular flexibility index (Phi) is 3.08. The van der Waals surface area contributed by atoms with Gasteiger partial charge in [-0.05, 0) is 23.6 Å². The summed E-state index contributed by atoms with van der Waals surface area (Å²) in [6.07, 6.45) is 0.466. The summed E-state index contributed by atoms with van der Waals surface area (Å²) >= 11 is 0. The van der Waals surface area contributed by atoms with Gasteiger partial charge >= 0.3 is 0 Å². The Morgan fingerprint density at radius 3 is 2.88 bits per heavy atom. The van der Waals surface area contributed by atoms with E-state index in [4.69, 9.17) is 5.53 Å². The molecule has 1 aliphatic heterocycles. The Labute approximate surface area is 93.3 Å². The molecular weight excluding hydrogens is 204 g/mol. The lowest BCUT2D eigenvalue weighted by molar-refractivity contribution is -0.117. The minimum absolute atomic E-state index is 0.101. The van der Waals surface area contributed by atoms with Gasteiger partial charge in [0.25, 0.3) is 0 Å². The van der Waals surface area contributed by atoms with Gasteiger partial charge in [-0.3, -0.25) is 4.79 Å². The van der Waals surface area contributed by atoms with Gasteiger partial charge < -0.3 is 4.90 Å². The van der Waals surface area contributed by atoms with E-state index in [9.17, 15) is 4.79 Å². The molecule has 1 aromatic carbocycles. The molecule has 16 heavy (non-hydrogen) atoms. The van der Waals surface area contributed by atoms with E-state index in [2.05, 4.69) is 10.0 Å². The number of hydrogen-bond donors (Lipinski definition) is 0. The minimum Gasteiger partial charge on any atom is -0.312 e. The summed E-state index contributed by atoms with van der Waals surface area (Å²) < 4.78 is 0. The van der Waals surface area contributed by atoms with Crippen molar-refractivity contribution >= 4 is 11.6 Å². The third kappa shape index (κ3) is 2.15. The van der Waals surface area contributed by atoms with Gasteiger partial charge in [0, 0.05) is 30.1 Å². The standard InChI is InChI=1S/C11H12N4O/c12-14-13-7-9-6-11(16)15(8-9)10-4-2-1-3-5-10/h1-5,9H,6-8H2. The molecule has 1 atom stereocenters. The summed E-state index contributed by atoms with van der Waals surface area (Å²) in [6.45, 7) is 1.04. The fourth-order valence-electron chi connectivity index (χ4n) is 1.91. The van der Waals surface area contributed by atoms with E-state index in [1.165, 1.54) is 0 Å². The number of amides is 1. The first kappa shape index (κ1) is 10.5. The highest BCUT2D eigenvalue weighted by Crippen LogP contribution is 2.24. The number of benzene rings is 1. The van der Waals surface area contributed by atoms with Crippen molar-refractivity contribution in [1.29, 1.82) is 0 Å². The first-order valence-corrected chi connectivity index (χ1v) is 5.17. The molecule has 82 valence electrons. The quantitative estimate of drug-likeness (QED) is 0.434. The van der Waals surface area contributed by atoms with Crippen molar-refractivity contribution in [2.45, 2.75) is 6.42 Å². The molecule has 0 saturated carbocycles. The van der Waals surface area contributed by atoms with E-state index < -0.39 is 0 Å². The van der Waals surface area contributed by atoms with Gasteiger partial charge in [-0.25, -0.2) is 0 Å². The fourth-order valence-corrected chi connectivity index (χ4v) is 1.91. The molecule has 1 saturated heterocycles. The van der Waals surface area contributed by atoms with Gasteiger partial charge in [0.15, 0.2) is 0 Å². The fraction of sp³-hybridized carbons (Fsp3) is 0.364. The van der Waals surface area contributed by atoms with Crippen LogP contribution in [0.2, 0.25) is 0 Å². The molecule has 0 spiro atoms. The number of azide groups is 1. The first-order valence-electron chi connectivity index (χ1n) is 5.17. The molecule has 0 bridgehead atoms. The van der Waals surface area contributed by atoms with Crippen molar-refractivity contribution < 1.29 is 4.79 Å². The highest BCUT2D eigenvalue weighted by Gasteiger charge is 2.29. The molecule has 0 aliphatic carbocycles. The Bertz CT molecular complexity index is 425. The van der Waals surface area contributed by atoms with Crippen molar-refractivity contribution in [3.05, 3.63) is 40.8 Å². The Morgan fingerprint density at radius 2 is 2.19 bits per heavy atom. The van der Waals surface area contributed by atoms with Crippen LogP contribution in [0.5, 0.6) is 0 Å². The van der Waals surface area contributed by atoms with Crippen molar-refractivity contribution in [2.75, 3.05) is 18.0 Å². The number of nitrogens with zero attached hydrogens (tertiary/aromatic N) is 4. The normalized spacial score (nSPS) is 19.6. The molecule has 1 fully saturated rings. The predicted molar refractivity (Wildman–Crippen MR) is 60.9 cm³/mol. The zero-order valence-electron chi connectivity index (χ0n) is 8.78. The van der Waals surface area contributed by atoms with Crippen molar-refractivity contribution in [3.8, 4) is 0 Å². The van der Waals surface area contributed by atoms with E-state index in [-0.39, 0.29) is 11.8 Å². The van der Waals surface area contributed by atoms with Crippen LogP contribution in [-0.4, -0.2) is 19.0 Å². The molecule has 0 radical (unpaired) electrons. The number of para-hydroxylation sites is 1. The third-order valence-electron chi connectivity index (χ3n) is 2.68. The van der Waals surface area contributed by atoms with Crippen LogP contribution in [0, 0.1) is 5.92 Å².